The molecule has 0 bridgehead atoms. The molecular formula is C20H26N4O3S. The Morgan fingerprint density at radius 3 is 2.25 bits per heavy atom. The third-order valence-electron chi connectivity index (χ3n) is 4.98. The summed E-state index contributed by atoms with van der Waals surface area (Å²) >= 11 is 0. The van der Waals surface area contributed by atoms with Crippen LogP contribution in [0.1, 0.15) is 30.6 Å². The Bertz CT molecular complexity index is 893. The van der Waals surface area contributed by atoms with Gasteiger partial charge in [0, 0.05) is 55.9 Å². The van der Waals surface area contributed by atoms with E-state index in [0.717, 1.165) is 18.8 Å². The number of benzene rings is 1. The number of sulfonamides is 1. The van der Waals surface area contributed by atoms with E-state index in [1.54, 1.807) is 29.4 Å². The van der Waals surface area contributed by atoms with E-state index in [1.165, 1.54) is 12.1 Å². The van der Waals surface area contributed by atoms with Crippen molar-refractivity contribution in [2.45, 2.75) is 31.2 Å². The van der Waals surface area contributed by atoms with Crippen molar-refractivity contribution in [3.63, 3.8) is 0 Å². The zero-order chi connectivity index (χ0) is 20.1. The van der Waals surface area contributed by atoms with E-state index in [-0.39, 0.29) is 16.8 Å². The van der Waals surface area contributed by atoms with Crippen LogP contribution in [-0.4, -0.2) is 56.4 Å². The van der Waals surface area contributed by atoms with Crippen LogP contribution in [0.2, 0.25) is 0 Å². The third kappa shape index (κ3) is 4.69. The van der Waals surface area contributed by atoms with Crippen molar-refractivity contribution >= 4 is 21.6 Å². The van der Waals surface area contributed by atoms with Gasteiger partial charge in [0.1, 0.15) is 0 Å². The molecule has 0 radical (unpaired) electrons. The molecule has 1 amide bonds. The topological polar surface area (TPSA) is 82.6 Å². The zero-order valence-electron chi connectivity index (χ0n) is 16.2. The largest absolute Gasteiger partial charge is 0.368 e. The van der Waals surface area contributed by atoms with E-state index < -0.39 is 10.0 Å². The Kier molecular flexibility index (Phi) is 6.31. The van der Waals surface area contributed by atoms with Crippen LogP contribution < -0.4 is 9.62 Å². The molecular weight excluding hydrogens is 376 g/mol. The maximum absolute atomic E-state index is 12.8. The molecule has 0 spiro atoms. The molecule has 1 aromatic heterocycles. The van der Waals surface area contributed by atoms with E-state index in [1.807, 2.05) is 26.0 Å². The Labute approximate surface area is 166 Å². The lowest BCUT2D eigenvalue weighted by atomic mass is 10.2. The van der Waals surface area contributed by atoms with Gasteiger partial charge in [0.25, 0.3) is 5.91 Å². The van der Waals surface area contributed by atoms with Gasteiger partial charge in [0.05, 0.1) is 4.90 Å². The van der Waals surface area contributed by atoms with Gasteiger partial charge in [-0.2, -0.15) is 0 Å². The molecule has 0 aliphatic carbocycles. The molecule has 1 saturated heterocycles. The minimum absolute atomic E-state index is 0.0757. The van der Waals surface area contributed by atoms with Crippen LogP contribution in [0.5, 0.6) is 0 Å². The van der Waals surface area contributed by atoms with Crippen molar-refractivity contribution in [3.05, 3.63) is 54.4 Å². The van der Waals surface area contributed by atoms with E-state index in [0.29, 0.717) is 25.1 Å². The first-order chi connectivity index (χ1) is 13.4. The summed E-state index contributed by atoms with van der Waals surface area (Å²) < 4.78 is 27.3. The molecule has 0 unspecified atom stereocenters. The van der Waals surface area contributed by atoms with Gasteiger partial charge in [0.15, 0.2) is 0 Å². The highest BCUT2D eigenvalue weighted by molar-refractivity contribution is 7.89. The molecule has 2 heterocycles. The van der Waals surface area contributed by atoms with Crippen LogP contribution in [-0.2, 0) is 10.0 Å². The standard InChI is InChI=1S/C20H26N4O3S/c1-3-16(2)22-28(26,27)19-6-4-17(5-7-19)20(25)24-14-12-23(13-15-24)18-8-10-21-11-9-18/h4-11,16,22H,3,12-15H2,1-2H3/t16-/m1/s1. The summed E-state index contributed by atoms with van der Waals surface area (Å²) in [6.07, 6.45) is 4.23. The van der Waals surface area contributed by atoms with Gasteiger partial charge in [0.2, 0.25) is 10.0 Å². The maximum Gasteiger partial charge on any atom is 0.253 e. The fourth-order valence-electron chi connectivity index (χ4n) is 3.10. The van der Waals surface area contributed by atoms with E-state index in [4.69, 9.17) is 0 Å². The van der Waals surface area contributed by atoms with Gasteiger partial charge in [-0.15, -0.1) is 0 Å². The molecule has 3 rings (SSSR count). The van der Waals surface area contributed by atoms with Crippen molar-refractivity contribution < 1.29 is 13.2 Å². The van der Waals surface area contributed by atoms with E-state index >= 15 is 0 Å². The molecule has 8 heteroatoms. The van der Waals surface area contributed by atoms with Crippen LogP contribution in [0.25, 0.3) is 0 Å². The summed E-state index contributed by atoms with van der Waals surface area (Å²) in [4.78, 5) is 21.0. The number of anilines is 1. The molecule has 1 aromatic carbocycles. The van der Waals surface area contributed by atoms with Gasteiger partial charge < -0.3 is 9.80 Å². The highest BCUT2D eigenvalue weighted by atomic mass is 32.2. The number of rotatable bonds is 6. The minimum atomic E-state index is -3.56. The monoisotopic (exact) mass is 402 g/mol. The molecule has 7 nitrogen and oxygen atoms in total. The summed E-state index contributed by atoms with van der Waals surface area (Å²) in [5, 5.41) is 0. The molecule has 0 saturated carbocycles. The van der Waals surface area contributed by atoms with E-state index in [2.05, 4.69) is 14.6 Å². The van der Waals surface area contributed by atoms with Crippen LogP contribution in [0.4, 0.5) is 5.69 Å². The number of hydrogen-bond acceptors (Lipinski definition) is 5. The van der Waals surface area contributed by atoms with E-state index in [9.17, 15) is 13.2 Å². The molecule has 1 aliphatic rings. The van der Waals surface area contributed by atoms with Crippen LogP contribution in [0.15, 0.2) is 53.7 Å². The van der Waals surface area contributed by atoms with Gasteiger partial charge in [-0.1, -0.05) is 6.92 Å². The van der Waals surface area contributed by atoms with Crippen molar-refractivity contribution in [1.29, 1.82) is 0 Å². The summed E-state index contributed by atoms with van der Waals surface area (Å²) in [6.45, 7) is 6.49. The predicted octanol–water partition coefficient (Wildman–Crippen LogP) is 2.12. The number of carbonyl (C=O) groups excluding carboxylic acids is 1. The molecule has 1 aliphatic heterocycles. The Balaban J connectivity index is 1.62. The minimum Gasteiger partial charge on any atom is -0.368 e. The molecule has 1 atom stereocenters. The number of carbonyl (C=O) groups is 1. The molecule has 150 valence electrons. The second-order valence-electron chi connectivity index (χ2n) is 6.94. The molecule has 28 heavy (non-hydrogen) atoms. The Hall–Kier alpha value is -2.45. The first-order valence-electron chi connectivity index (χ1n) is 9.47. The number of amides is 1. The van der Waals surface area contributed by atoms with Crippen LogP contribution >= 0.6 is 0 Å². The van der Waals surface area contributed by atoms with Gasteiger partial charge in [-0.3, -0.25) is 9.78 Å². The smallest absolute Gasteiger partial charge is 0.253 e. The SMILES string of the molecule is CC[C@@H](C)NS(=O)(=O)c1ccc(C(=O)N2CCN(c3ccncc3)CC2)cc1. The molecule has 1 N–H and O–H groups in total. The number of pyridine rings is 1. The van der Waals surface area contributed by atoms with Crippen molar-refractivity contribution in [1.82, 2.24) is 14.6 Å². The van der Waals surface area contributed by atoms with Gasteiger partial charge in [-0.25, -0.2) is 13.1 Å². The highest BCUT2D eigenvalue weighted by Crippen LogP contribution is 2.17. The first kappa shape index (κ1) is 20.3. The average molecular weight is 403 g/mol. The fraction of sp³-hybridized carbons (Fsp3) is 0.400. The quantitative estimate of drug-likeness (QED) is 0.800. The molecule has 2 aromatic rings. The van der Waals surface area contributed by atoms with Gasteiger partial charge in [-0.05, 0) is 49.7 Å². The van der Waals surface area contributed by atoms with Crippen molar-refractivity contribution in [3.8, 4) is 0 Å². The second-order valence-corrected chi connectivity index (χ2v) is 8.65. The molecule has 1 fully saturated rings. The summed E-state index contributed by atoms with van der Waals surface area (Å²) in [6, 6.07) is 9.94. The highest BCUT2D eigenvalue weighted by Gasteiger charge is 2.23. The number of nitrogens with one attached hydrogen (secondary N) is 1. The maximum atomic E-state index is 12.8. The Morgan fingerprint density at radius 2 is 1.68 bits per heavy atom. The average Bonchev–Trinajstić information content (AvgIpc) is 2.73. The lowest BCUT2D eigenvalue weighted by Crippen LogP contribution is -2.48. The fourth-order valence-corrected chi connectivity index (χ4v) is 4.42. The van der Waals surface area contributed by atoms with Crippen LogP contribution in [0.3, 0.4) is 0 Å². The number of piperazine rings is 1. The summed E-state index contributed by atoms with van der Waals surface area (Å²) in [7, 11) is -3.56. The number of aromatic nitrogens is 1. The number of hydrogen-bond donors (Lipinski definition) is 1. The van der Waals surface area contributed by atoms with Crippen LogP contribution in [0, 0.1) is 0 Å². The van der Waals surface area contributed by atoms with Gasteiger partial charge >= 0.3 is 0 Å². The van der Waals surface area contributed by atoms with Crippen molar-refractivity contribution in [2.75, 3.05) is 31.1 Å². The predicted molar refractivity (Wildman–Crippen MR) is 109 cm³/mol. The normalized spacial score (nSPS) is 16.1. The van der Waals surface area contributed by atoms with Crippen molar-refractivity contribution in [2.24, 2.45) is 0 Å². The lowest BCUT2D eigenvalue weighted by Gasteiger charge is -2.36. The zero-order valence-corrected chi connectivity index (χ0v) is 17.0. The first-order valence-corrected chi connectivity index (χ1v) is 11.0. The summed E-state index contributed by atoms with van der Waals surface area (Å²) in [5.41, 5.74) is 1.60. The Morgan fingerprint density at radius 1 is 1.07 bits per heavy atom. The third-order valence-corrected chi connectivity index (χ3v) is 6.58. The second kappa shape index (κ2) is 8.70. The summed E-state index contributed by atoms with van der Waals surface area (Å²) in [5.74, 6) is -0.0757. The lowest BCUT2D eigenvalue weighted by molar-refractivity contribution is 0.0746. The number of nitrogens with zero attached hydrogens (tertiary/aromatic N) is 3.